The Morgan fingerprint density at radius 2 is 1.82 bits per heavy atom. The maximum atomic E-state index is 12.5. The van der Waals surface area contributed by atoms with Crippen LogP contribution < -0.4 is 20.3 Å². The predicted octanol–water partition coefficient (Wildman–Crippen LogP) is 3.60. The smallest absolute Gasteiger partial charge is 0.345 e. The van der Waals surface area contributed by atoms with Gasteiger partial charge in [0.2, 0.25) is 0 Å². The molecule has 0 saturated heterocycles. The number of ether oxygens (including phenoxy) is 3. The van der Waals surface area contributed by atoms with Crippen LogP contribution in [0.2, 0.25) is 5.02 Å². The van der Waals surface area contributed by atoms with Gasteiger partial charge in [-0.3, -0.25) is 4.79 Å². The molecule has 1 heterocycles. The van der Waals surface area contributed by atoms with Gasteiger partial charge in [0.05, 0.1) is 32.5 Å². The summed E-state index contributed by atoms with van der Waals surface area (Å²) in [6.07, 6.45) is 0. The number of nitrogens with one attached hydrogen (secondary N) is 2. The second-order valence-electron chi connectivity index (χ2n) is 5.93. The summed E-state index contributed by atoms with van der Waals surface area (Å²) in [6, 6.07) is 10.5. The Bertz CT molecular complexity index is 1090. The van der Waals surface area contributed by atoms with Crippen molar-refractivity contribution in [2.24, 2.45) is 0 Å². The number of aromatic amines is 1. The van der Waals surface area contributed by atoms with Crippen LogP contribution in [0.3, 0.4) is 0 Å². The minimum Gasteiger partial charge on any atom is -0.493 e. The molecule has 7 nitrogen and oxygen atoms in total. The van der Waals surface area contributed by atoms with Crippen molar-refractivity contribution in [2.75, 3.05) is 26.6 Å². The summed E-state index contributed by atoms with van der Waals surface area (Å²) < 4.78 is 15.3. The zero-order valence-corrected chi connectivity index (χ0v) is 16.3. The number of methoxy groups -OCH3 is 3. The Hall–Kier alpha value is -3.19. The molecule has 28 heavy (non-hydrogen) atoms. The first-order valence-electron chi connectivity index (χ1n) is 8.37. The van der Waals surface area contributed by atoms with Gasteiger partial charge in [0, 0.05) is 17.0 Å². The van der Waals surface area contributed by atoms with Crippen molar-refractivity contribution >= 4 is 34.2 Å². The molecule has 3 rings (SSSR count). The summed E-state index contributed by atoms with van der Waals surface area (Å²) >= 11 is 6.12. The highest BCUT2D eigenvalue weighted by molar-refractivity contribution is 6.31. The summed E-state index contributed by atoms with van der Waals surface area (Å²) in [4.78, 5) is 27.4. The van der Waals surface area contributed by atoms with Crippen LogP contribution >= 0.6 is 11.6 Å². The summed E-state index contributed by atoms with van der Waals surface area (Å²) in [5, 5.41) is 4.25. The van der Waals surface area contributed by atoms with Crippen LogP contribution in [0.4, 0.5) is 5.69 Å². The van der Waals surface area contributed by atoms with Gasteiger partial charge in [-0.1, -0.05) is 17.7 Å². The molecule has 0 saturated carbocycles. The lowest BCUT2D eigenvalue weighted by molar-refractivity contribution is 0.0600. The highest BCUT2D eigenvalue weighted by Gasteiger charge is 2.20. The number of aromatic nitrogens is 1. The van der Waals surface area contributed by atoms with Crippen LogP contribution in [0.1, 0.15) is 15.9 Å². The van der Waals surface area contributed by atoms with E-state index >= 15 is 0 Å². The fraction of sp³-hybridized carbons (Fsp3) is 0.200. The molecule has 0 amide bonds. The van der Waals surface area contributed by atoms with Gasteiger partial charge < -0.3 is 24.5 Å². The lowest BCUT2D eigenvalue weighted by Gasteiger charge is -2.15. The van der Waals surface area contributed by atoms with Crippen molar-refractivity contribution in [2.45, 2.75) is 6.54 Å². The van der Waals surface area contributed by atoms with Crippen molar-refractivity contribution in [3.05, 3.63) is 62.9 Å². The molecule has 0 atom stereocenters. The van der Waals surface area contributed by atoms with E-state index in [0.29, 0.717) is 39.7 Å². The first kappa shape index (κ1) is 19.6. The number of halogens is 1. The summed E-state index contributed by atoms with van der Waals surface area (Å²) in [6.45, 7) is 0.329. The van der Waals surface area contributed by atoms with E-state index in [-0.39, 0.29) is 5.56 Å². The molecule has 0 bridgehead atoms. The predicted molar refractivity (Wildman–Crippen MR) is 108 cm³/mol. The molecule has 8 heteroatoms. The zero-order chi connectivity index (χ0) is 20.3. The fourth-order valence-corrected chi connectivity index (χ4v) is 3.10. The van der Waals surface area contributed by atoms with Gasteiger partial charge >= 0.3 is 5.97 Å². The molecule has 0 radical (unpaired) electrons. The average Bonchev–Trinajstić information content (AvgIpc) is 2.71. The normalized spacial score (nSPS) is 10.6. The van der Waals surface area contributed by atoms with E-state index in [1.165, 1.54) is 7.11 Å². The maximum absolute atomic E-state index is 12.5. The van der Waals surface area contributed by atoms with E-state index in [2.05, 4.69) is 10.3 Å². The quantitative estimate of drug-likeness (QED) is 0.612. The van der Waals surface area contributed by atoms with Gasteiger partial charge in [-0.25, -0.2) is 4.79 Å². The van der Waals surface area contributed by atoms with Gasteiger partial charge in [0.25, 0.3) is 5.56 Å². The molecule has 1 aromatic heterocycles. The van der Waals surface area contributed by atoms with Gasteiger partial charge in [-0.2, -0.15) is 0 Å². The molecular weight excluding hydrogens is 384 g/mol. The van der Waals surface area contributed by atoms with Gasteiger partial charge in [-0.15, -0.1) is 0 Å². The molecule has 0 fully saturated rings. The van der Waals surface area contributed by atoms with Crippen LogP contribution in [0.25, 0.3) is 10.9 Å². The standard InChI is InChI=1S/C20H19ClN2O5/c1-26-15-7-4-11(8-16(15)27-2)10-22-18-13-9-12(21)5-6-14(13)23-19(24)17(18)20(25)28-3/h4-9H,10H2,1-3H3,(H2,22,23,24). The lowest BCUT2D eigenvalue weighted by atomic mass is 10.1. The van der Waals surface area contributed by atoms with Crippen LogP contribution in [0.15, 0.2) is 41.2 Å². The number of carbonyl (C=O) groups excluding carboxylic acids is 1. The van der Waals surface area contributed by atoms with Crippen LogP contribution in [-0.4, -0.2) is 32.3 Å². The van der Waals surface area contributed by atoms with Crippen molar-refractivity contribution in [1.29, 1.82) is 0 Å². The number of benzene rings is 2. The molecule has 0 aliphatic carbocycles. The van der Waals surface area contributed by atoms with Gasteiger partial charge in [0.15, 0.2) is 11.5 Å². The third kappa shape index (κ3) is 3.75. The molecule has 0 spiro atoms. The Kier molecular flexibility index (Phi) is 5.75. The minimum absolute atomic E-state index is 0.113. The van der Waals surface area contributed by atoms with Crippen LogP contribution in [0.5, 0.6) is 11.5 Å². The summed E-state index contributed by atoms with van der Waals surface area (Å²) in [5.74, 6) is 0.446. The Morgan fingerprint density at radius 1 is 1.07 bits per heavy atom. The van der Waals surface area contributed by atoms with Gasteiger partial charge in [0.1, 0.15) is 5.56 Å². The highest BCUT2D eigenvalue weighted by Crippen LogP contribution is 2.30. The molecule has 0 aliphatic heterocycles. The Balaban J connectivity index is 2.07. The number of hydrogen-bond donors (Lipinski definition) is 2. The van der Waals surface area contributed by atoms with E-state index < -0.39 is 11.5 Å². The number of rotatable bonds is 6. The van der Waals surface area contributed by atoms with Crippen LogP contribution in [-0.2, 0) is 11.3 Å². The fourth-order valence-electron chi connectivity index (χ4n) is 2.93. The third-order valence-corrected chi connectivity index (χ3v) is 4.52. The Morgan fingerprint density at radius 3 is 2.50 bits per heavy atom. The van der Waals surface area contributed by atoms with E-state index in [0.717, 1.165) is 5.56 Å². The number of carbonyl (C=O) groups is 1. The molecule has 2 N–H and O–H groups in total. The largest absolute Gasteiger partial charge is 0.493 e. The molecule has 0 unspecified atom stereocenters. The number of pyridine rings is 1. The average molecular weight is 403 g/mol. The van der Waals surface area contributed by atoms with Crippen molar-refractivity contribution in [1.82, 2.24) is 4.98 Å². The third-order valence-electron chi connectivity index (χ3n) is 4.28. The molecule has 2 aromatic carbocycles. The molecule has 146 valence electrons. The second kappa shape index (κ2) is 8.22. The van der Waals surface area contributed by atoms with Crippen molar-refractivity contribution in [3.8, 4) is 11.5 Å². The Labute approximate surface area is 166 Å². The number of fused-ring (bicyclic) bond motifs is 1. The summed E-state index contributed by atoms with van der Waals surface area (Å²) in [7, 11) is 4.34. The van der Waals surface area contributed by atoms with Gasteiger partial charge in [-0.05, 0) is 35.9 Å². The van der Waals surface area contributed by atoms with Crippen molar-refractivity contribution < 1.29 is 19.0 Å². The lowest BCUT2D eigenvalue weighted by Crippen LogP contribution is -2.22. The minimum atomic E-state index is -0.738. The van der Waals surface area contributed by atoms with E-state index in [1.807, 2.05) is 12.1 Å². The van der Waals surface area contributed by atoms with E-state index in [9.17, 15) is 9.59 Å². The monoisotopic (exact) mass is 402 g/mol. The van der Waals surface area contributed by atoms with E-state index in [4.69, 9.17) is 25.8 Å². The topological polar surface area (TPSA) is 89.7 Å². The first-order chi connectivity index (χ1) is 13.5. The number of H-pyrrole nitrogens is 1. The molecule has 0 aliphatic rings. The van der Waals surface area contributed by atoms with E-state index in [1.54, 1.807) is 38.5 Å². The SMILES string of the molecule is COC(=O)c1c(NCc2ccc(OC)c(OC)c2)c2cc(Cl)ccc2[nH]c1=O. The zero-order valence-electron chi connectivity index (χ0n) is 15.6. The first-order valence-corrected chi connectivity index (χ1v) is 8.75. The van der Waals surface area contributed by atoms with Crippen molar-refractivity contribution in [3.63, 3.8) is 0 Å². The molecule has 3 aromatic rings. The number of anilines is 1. The number of esters is 1. The highest BCUT2D eigenvalue weighted by atomic mass is 35.5. The molecular formula is C20H19ClN2O5. The number of hydrogen-bond acceptors (Lipinski definition) is 6. The van der Waals surface area contributed by atoms with Crippen LogP contribution in [0, 0.1) is 0 Å². The summed E-state index contributed by atoms with van der Waals surface area (Å²) in [5.41, 5.74) is 1.11. The maximum Gasteiger partial charge on any atom is 0.345 e. The second-order valence-corrected chi connectivity index (χ2v) is 6.36.